The van der Waals surface area contributed by atoms with Gasteiger partial charge in [0, 0.05) is 27.3 Å². The van der Waals surface area contributed by atoms with Crippen LogP contribution in [0.15, 0.2) is 83.3 Å². The maximum Gasteiger partial charge on any atom is 0.227 e. The van der Waals surface area contributed by atoms with Crippen molar-refractivity contribution in [3.8, 4) is 22.6 Å². The molecule has 0 N–H and O–H groups in total. The quantitative estimate of drug-likeness (QED) is 0.322. The average Bonchev–Trinajstić information content (AvgIpc) is 3.18. The van der Waals surface area contributed by atoms with Crippen LogP contribution in [0.25, 0.3) is 44.5 Å². The predicted octanol–water partition coefficient (Wildman–Crippen LogP) is 6.78. The number of fused-ring (bicyclic) bond motifs is 2. The van der Waals surface area contributed by atoms with Crippen molar-refractivity contribution < 1.29 is 9.21 Å². The van der Waals surface area contributed by atoms with Crippen LogP contribution in [0.2, 0.25) is 5.02 Å². The van der Waals surface area contributed by atoms with Crippen molar-refractivity contribution in [3.05, 3.63) is 89.4 Å². The summed E-state index contributed by atoms with van der Waals surface area (Å²) in [6.07, 6.45) is 0.864. The van der Waals surface area contributed by atoms with Gasteiger partial charge < -0.3 is 4.42 Å². The summed E-state index contributed by atoms with van der Waals surface area (Å²) in [6, 6.07) is 25.0. The van der Waals surface area contributed by atoms with Crippen LogP contribution in [0.3, 0.4) is 0 Å². The molecule has 0 aliphatic rings. The van der Waals surface area contributed by atoms with Crippen molar-refractivity contribution >= 4 is 39.8 Å². The van der Waals surface area contributed by atoms with E-state index < -0.39 is 0 Å². The second-order valence-electron chi connectivity index (χ2n) is 6.55. The van der Waals surface area contributed by atoms with E-state index in [1.165, 1.54) is 0 Å². The summed E-state index contributed by atoms with van der Waals surface area (Å²) in [7, 11) is 0. The first kappa shape index (κ1) is 16.7. The van der Waals surface area contributed by atoms with E-state index in [4.69, 9.17) is 16.0 Å². The predicted molar refractivity (Wildman–Crippen MR) is 113 cm³/mol. The van der Waals surface area contributed by atoms with Gasteiger partial charge >= 0.3 is 0 Å². The lowest BCUT2D eigenvalue weighted by atomic mass is 9.93. The molecule has 3 nitrogen and oxygen atoms in total. The molecule has 1 heterocycles. The van der Waals surface area contributed by atoms with Crippen LogP contribution in [-0.4, -0.2) is 11.3 Å². The van der Waals surface area contributed by atoms with Crippen LogP contribution < -0.4 is 0 Å². The number of para-hydroxylation sites is 1. The molecular formula is C24H14ClNO2. The summed E-state index contributed by atoms with van der Waals surface area (Å²) in [5.41, 5.74) is 4.50. The molecule has 0 saturated heterocycles. The summed E-state index contributed by atoms with van der Waals surface area (Å²) >= 11 is 6.25. The highest BCUT2D eigenvalue weighted by molar-refractivity contribution is 6.31. The molecule has 0 aliphatic carbocycles. The second-order valence-corrected chi connectivity index (χ2v) is 6.99. The number of aldehydes is 1. The Kier molecular flexibility index (Phi) is 3.96. The summed E-state index contributed by atoms with van der Waals surface area (Å²) in [4.78, 5) is 16.5. The summed E-state index contributed by atoms with van der Waals surface area (Å²) < 4.78 is 6.16. The van der Waals surface area contributed by atoms with Crippen LogP contribution in [-0.2, 0) is 0 Å². The van der Waals surface area contributed by atoms with Gasteiger partial charge in [-0.2, -0.15) is 0 Å². The van der Waals surface area contributed by atoms with E-state index in [0.29, 0.717) is 22.1 Å². The molecule has 0 amide bonds. The van der Waals surface area contributed by atoms with Crippen molar-refractivity contribution in [2.45, 2.75) is 0 Å². The minimum absolute atomic E-state index is 0.550. The monoisotopic (exact) mass is 383 g/mol. The normalized spacial score (nSPS) is 11.2. The Bertz CT molecular complexity index is 1340. The second kappa shape index (κ2) is 6.63. The van der Waals surface area contributed by atoms with E-state index in [9.17, 15) is 4.79 Å². The molecule has 0 spiro atoms. The summed E-state index contributed by atoms with van der Waals surface area (Å²) in [6.45, 7) is 0. The Morgan fingerprint density at radius 2 is 1.71 bits per heavy atom. The van der Waals surface area contributed by atoms with Gasteiger partial charge in [-0.15, -0.1) is 0 Å². The van der Waals surface area contributed by atoms with Crippen LogP contribution in [0.4, 0.5) is 0 Å². The number of carbonyl (C=O) groups is 1. The number of halogens is 1. The molecule has 0 fully saturated rings. The van der Waals surface area contributed by atoms with E-state index in [1.807, 2.05) is 78.9 Å². The fourth-order valence-electron chi connectivity index (χ4n) is 3.56. The SMILES string of the molecule is O=Cc1ccc2ccc(Cl)cc2c1-c1cccc2nc(-c3ccccc3)oc12. The van der Waals surface area contributed by atoms with Gasteiger partial charge in [0.15, 0.2) is 11.9 Å². The third kappa shape index (κ3) is 2.68. The van der Waals surface area contributed by atoms with Crippen LogP contribution in [0.1, 0.15) is 10.4 Å². The lowest BCUT2D eigenvalue weighted by Crippen LogP contribution is -1.90. The van der Waals surface area contributed by atoms with Crippen LogP contribution in [0, 0.1) is 0 Å². The number of hydrogen-bond donors (Lipinski definition) is 0. The number of hydrogen-bond acceptors (Lipinski definition) is 3. The molecule has 0 unspecified atom stereocenters. The highest BCUT2D eigenvalue weighted by atomic mass is 35.5. The number of nitrogens with zero attached hydrogens (tertiary/aromatic N) is 1. The van der Waals surface area contributed by atoms with E-state index >= 15 is 0 Å². The highest BCUT2D eigenvalue weighted by Gasteiger charge is 2.17. The van der Waals surface area contributed by atoms with Crippen LogP contribution in [0.5, 0.6) is 0 Å². The number of rotatable bonds is 3. The summed E-state index contributed by atoms with van der Waals surface area (Å²) in [5, 5.41) is 2.53. The minimum atomic E-state index is 0.550. The molecule has 0 bridgehead atoms. The van der Waals surface area contributed by atoms with E-state index in [0.717, 1.165) is 39.3 Å². The molecule has 1 aromatic heterocycles. The highest BCUT2D eigenvalue weighted by Crippen LogP contribution is 2.38. The number of aromatic nitrogens is 1. The molecular weight excluding hydrogens is 370 g/mol. The van der Waals surface area contributed by atoms with Crippen molar-refractivity contribution in [1.82, 2.24) is 4.98 Å². The molecule has 28 heavy (non-hydrogen) atoms. The molecule has 0 radical (unpaired) electrons. The van der Waals surface area contributed by atoms with E-state index in [2.05, 4.69) is 4.98 Å². The van der Waals surface area contributed by atoms with Gasteiger partial charge in [-0.05, 0) is 41.1 Å². The van der Waals surface area contributed by atoms with Gasteiger partial charge in [0.05, 0.1) is 0 Å². The third-order valence-corrected chi connectivity index (χ3v) is 5.08. The smallest absolute Gasteiger partial charge is 0.227 e. The zero-order valence-corrected chi connectivity index (χ0v) is 15.5. The maximum atomic E-state index is 11.8. The zero-order chi connectivity index (χ0) is 19.1. The minimum Gasteiger partial charge on any atom is -0.435 e. The topological polar surface area (TPSA) is 43.1 Å². The third-order valence-electron chi connectivity index (χ3n) is 4.85. The maximum absolute atomic E-state index is 11.8. The average molecular weight is 384 g/mol. The Labute approximate surface area is 166 Å². The molecule has 0 aliphatic heterocycles. The first-order valence-corrected chi connectivity index (χ1v) is 9.25. The van der Waals surface area contributed by atoms with Crippen molar-refractivity contribution in [3.63, 3.8) is 0 Å². The van der Waals surface area contributed by atoms with Gasteiger partial charge in [-0.3, -0.25) is 4.79 Å². The molecule has 5 aromatic rings. The first-order valence-electron chi connectivity index (χ1n) is 8.87. The van der Waals surface area contributed by atoms with Gasteiger partial charge in [0.2, 0.25) is 5.89 Å². The zero-order valence-electron chi connectivity index (χ0n) is 14.7. The van der Waals surface area contributed by atoms with E-state index in [1.54, 1.807) is 0 Å². The molecule has 4 aromatic carbocycles. The van der Waals surface area contributed by atoms with Gasteiger partial charge in [-0.1, -0.05) is 60.1 Å². The van der Waals surface area contributed by atoms with E-state index in [-0.39, 0.29) is 0 Å². The number of benzene rings is 4. The van der Waals surface area contributed by atoms with Gasteiger partial charge in [0.25, 0.3) is 0 Å². The lowest BCUT2D eigenvalue weighted by molar-refractivity contribution is 0.112. The van der Waals surface area contributed by atoms with Crippen molar-refractivity contribution in [2.75, 3.05) is 0 Å². The lowest BCUT2D eigenvalue weighted by Gasteiger charge is -2.10. The largest absolute Gasteiger partial charge is 0.435 e. The number of carbonyl (C=O) groups excluding carboxylic acids is 1. The molecule has 0 atom stereocenters. The molecule has 0 saturated carbocycles. The summed E-state index contributed by atoms with van der Waals surface area (Å²) in [5.74, 6) is 0.550. The standard InChI is InChI=1S/C24H14ClNO2/c25-18-12-11-15-9-10-17(14-27)22(20(15)13-18)19-7-4-8-21-23(19)28-24(26-21)16-5-2-1-3-6-16/h1-14H. The van der Waals surface area contributed by atoms with Crippen molar-refractivity contribution in [1.29, 1.82) is 0 Å². The fraction of sp³-hybridized carbons (Fsp3) is 0. The van der Waals surface area contributed by atoms with Crippen LogP contribution >= 0.6 is 11.6 Å². The molecule has 134 valence electrons. The Hall–Kier alpha value is -3.43. The van der Waals surface area contributed by atoms with Crippen molar-refractivity contribution in [2.24, 2.45) is 0 Å². The Morgan fingerprint density at radius 3 is 2.54 bits per heavy atom. The fourth-order valence-corrected chi connectivity index (χ4v) is 3.73. The van der Waals surface area contributed by atoms with Gasteiger partial charge in [-0.25, -0.2) is 4.98 Å². The number of oxazole rings is 1. The molecule has 4 heteroatoms. The first-order chi connectivity index (χ1) is 13.7. The molecule has 5 rings (SSSR count). The Morgan fingerprint density at radius 1 is 0.893 bits per heavy atom. The van der Waals surface area contributed by atoms with Gasteiger partial charge in [0.1, 0.15) is 5.52 Å². The Balaban J connectivity index is 1.84.